The van der Waals surface area contributed by atoms with Crippen LogP contribution in [0.4, 0.5) is 5.69 Å². The molecule has 136 valence electrons. The summed E-state index contributed by atoms with van der Waals surface area (Å²) in [6, 6.07) is 4.43. The molecule has 0 bridgehead atoms. The van der Waals surface area contributed by atoms with Crippen LogP contribution in [0.15, 0.2) is 23.1 Å². The molecule has 0 radical (unpaired) electrons. The van der Waals surface area contributed by atoms with E-state index in [1.165, 1.54) is 12.1 Å². The molecule has 7 nitrogen and oxygen atoms in total. The lowest BCUT2D eigenvalue weighted by Gasteiger charge is -2.42. The van der Waals surface area contributed by atoms with Crippen LogP contribution in [-0.2, 0) is 25.7 Å². The van der Waals surface area contributed by atoms with Crippen LogP contribution in [0.3, 0.4) is 0 Å². The van der Waals surface area contributed by atoms with Crippen molar-refractivity contribution in [1.29, 1.82) is 0 Å². The van der Waals surface area contributed by atoms with Gasteiger partial charge in [0.25, 0.3) is 20.2 Å². The van der Waals surface area contributed by atoms with Crippen molar-refractivity contribution in [3.63, 3.8) is 0 Å². The zero-order valence-electron chi connectivity index (χ0n) is 14.1. The molecule has 2 rings (SSSR count). The molecule has 1 aromatic rings. The molecule has 0 fully saturated rings. The van der Waals surface area contributed by atoms with Crippen LogP contribution in [0.5, 0.6) is 0 Å². The smallest absolute Gasteiger partial charge is 0.294 e. The molecular weight excluding hydrogens is 354 g/mol. The first-order valence-electron chi connectivity index (χ1n) is 7.53. The Morgan fingerprint density at radius 1 is 1.04 bits per heavy atom. The molecule has 0 amide bonds. The normalized spacial score (nSPS) is 19.3. The average Bonchev–Trinajstić information content (AvgIpc) is 2.54. The average molecular weight is 377 g/mol. The Morgan fingerprint density at radius 3 is 2.12 bits per heavy atom. The van der Waals surface area contributed by atoms with Crippen molar-refractivity contribution in [3.05, 3.63) is 23.8 Å². The van der Waals surface area contributed by atoms with Crippen LogP contribution in [-0.4, -0.2) is 43.8 Å². The van der Waals surface area contributed by atoms with Crippen LogP contribution in [0.25, 0.3) is 0 Å². The molecule has 0 atom stereocenters. The van der Waals surface area contributed by atoms with Crippen molar-refractivity contribution in [2.45, 2.75) is 50.0 Å². The molecule has 1 aliphatic rings. The Balaban J connectivity index is 2.46. The number of rotatable bonds is 5. The fourth-order valence-electron chi connectivity index (χ4n) is 3.18. The molecule has 0 spiro atoms. The molecule has 24 heavy (non-hydrogen) atoms. The van der Waals surface area contributed by atoms with E-state index in [4.69, 9.17) is 4.55 Å². The molecule has 0 saturated carbocycles. The second kappa shape index (κ2) is 5.69. The van der Waals surface area contributed by atoms with Crippen molar-refractivity contribution in [2.75, 3.05) is 17.2 Å². The molecule has 0 aliphatic carbocycles. The second-order valence-electron chi connectivity index (χ2n) is 7.13. The number of nitrogens with zero attached hydrogens (tertiary/aromatic N) is 1. The molecule has 2 N–H and O–H groups in total. The summed E-state index contributed by atoms with van der Waals surface area (Å²) < 4.78 is 62.9. The topological polar surface area (TPSA) is 112 Å². The van der Waals surface area contributed by atoms with Crippen LogP contribution < -0.4 is 4.90 Å². The van der Waals surface area contributed by atoms with Gasteiger partial charge in [-0.05, 0) is 44.0 Å². The lowest BCUT2D eigenvalue weighted by molar-refractivity contribution is 0.310. The second-order valence-corrected chi connectivity index (χ2v) is 10.1. The largest absolute Gasteiger partial charge is 0.365 e. The third kappa shape index (κ3) is 3.30. The van der Waals surface area contributed by atoms with Gasteiger partial charge >= 0.3 is 0 Å². The van der Waals surface area contributed by atoms with Crippen molar-refractivity contribution < 1.29 is 25.9 Å². The van der Waals surface area contributed by atoms with Gasteiger partial charge in [-0.15, -0.1) is 0 Å². The molecule has 1 aliphatic heterocycles. The Labute approximate surface area is 143 Å². The van der Waals surface area contributed by atoms with Gasteiger partial charge in [-0.1, -0.05) is 13.8 Å². The van der Waals surface area contributed by atoms with Gasteiger partial charge < -0.3 is 4.90 Å². The van der Waals surface area contributed by atoms with Gasteiger partial charge in [0.15, 0.2) is 0 Å². The maximum absolute atomic E-state index is 11.4. The summed E-state index contributed by atoms with van der Waals surface area (Å²) in [6.45, 7) is 8.33. The fourth-order valence-corrected chi connectivity index (χ4v) is 4.19. The van der Waals surface area contributed by atoms with Gasteiger partial charge in [0.05, 0.1) is 10.6 Å². The van der Waals surface area contributed by atoms with Crippen LogP contribution in [0.2, 0.25) is 0 Å². The number of hydrogen-bond donors (Lipinski definition) is 2. The Bertz CT molecular complexity index is 856. The first-order valence-corrected chi connectivity index (χ1v) is 10.6. The van der Waals surface area contributed by atoms with Gasteiger partial charge in [-0.3, -0.25) is 9.11 Å². The summed E-state index contributed by atoms with van der Waals surface area (Å²) in [4.78, 5) is 1.85. The standard InChI is InChI=1S/C15H23NO6S2/c1-14(2)12-10-11(24(20,21)22)6-7-13(12)16(15(14,3)4)8-5-9-23(17,18)19/h6-7,10H,5,8-9H2,1-4H3,(H,17,18,19)(H,20,21,22). The van der Waals surface area contributed by atoms with E-state index in [9.17, 15) is 21.4 Å². The van der Waals surface area contributed by atoms with E-state index in [2.05, 4.69) is 0 Å². The van der Waals surface area contributed by atoms with E-state index in [-0.39, 0.29) is 17.1 Å². The number of hydrogen-bond acceptors (Lipinski definition) is 5. The maximum atomic E-state index is 11.4. The highest BCUT2D eigenvalue weighted by Gasteiger charge is 2.50. The van der Waals surface area contributed by atoms with Gasteiger partial charge in [-0.25, -0.2) is 0 Å². The summed E-state index contributed by atoms with van der Waals surface area (Å²) in [6.07, 6.45) is 0.248. The predicted molar refractivity (Wildman–Crippen MR) is 91.7 cm³/mol. The minimum atomic E-state index is -4.30. The van der Waals surface area contributed by atoms with Crippen molar-refractivity contribution >= 4 is 25.9 Å². The molecule has 0 saturated heterocycles. The predicted octanol–water partition coefficient (Wildman–Crippen LogP) is 2.09. The third-order valence-electron chi connectivity index (χ3n) is 5.22. The highest BCUT2D eigenvalue weighted by molar-refractivity contribution is 7.86. The molecule has 1 heterocycles. The third-order valence-corrected chi connectivity index (χ3v) is 6.87. The van der Waals surface area contributed by atoms with Gasteiger partial charge in [0.2, 0.25) is 0 Å². The first-order chi connectivity index (χ1) is 10.7. The summed E-state index contributed by atoms with van der Waals surface area (Å²) >= 11 is 0. The summed E-state index contributed by atoms with van der Waals surface area (Å²) in [7, 11) is -8.32. The molecule has 1 aromatic carbocycles. The van der Waals surface area contributed by atoms with Gasteiger partial charge in [0.1, 0.15) is 0 Å². The van der Waals surface area contributed by atoms with Gasteiger partial charge in [-0.2, -0.15) is 16.8 Å². The first kappa shape index (κ1) is 19.2. The van der Waals surface area contributed by atoms with E-state index in [0.29, 0.717) is 6.54 Å². The minimum absolute atomic E-state index is 0.162. The quantitative estimate of drug-likeness (QED) is 0.756. The summed E-state index contributed by atoms with van der Waals surface area (Å²) in [5.74, 6) is -0.335. The fraction of sp³-hybridized carbons (Fsp3) is 0.600. The zero-order valence-corrected chi connectivity index (χ0v) is 15.8. The number of anilines is 1. The van der Waals surface area contributed by atoms with E-state index >= 15 is 0 Å². The number of fused-ring (bicyclic) bond motifs is 1. The highest BCUT2D eigenvalue weighted by Crippen LogP contribution is 2.51. The summed E-state index contributed by atoms with van der Waals surface area (Å²) in [5.41, 5.74) is 0.732. The molecule has 9 heteroatoms. The lowest BCUT2D eigenvalue weighted by atomic mass is 9.72. The number of benzene rings is 1. The monoisotopic (exact) mass is 377 g/mol. The van der Waals surface area contributed by atoms with Crippen LogP contribution in [0, 0.1) is 0 Å². The molecule has 0 unspecified atom stereocenters. The lowest BCUT2D eigenvalue weighted by Crippen LogP contribution is -2.51. The van der Waals surface area contributed by atoms with E-state index < -0.39 is 31.2 Å². The van der Waals surface area contributed by atoms with Crippen molar-refractivity contribution in [3.8, 4) is 0 Å². The summed E-state index contributed by atoms with van der Waals surface area (Å²) in [5, 5.41) is 0. The van der Waals surface area contributed by atoms with Crippen LogP contribution in [0.1, 0.15) is 39.7 Å². The highest BCUT2D eigenvalue weighted by atomic mass is 32.2. The van der Waals surface area contributed by atoms with Crippen LogP contribution >= 0.6 is 0 Å². The molecular formula is C15H23NO6S2. The SMILES string of the molecule is CC1(C)c2cc(S(=O)(=O)O)ccc2N(CCCS(=O)(=O)O)C1(C)C. The Hall–Kier alpha value is -1.16. The van der Waals surface area contributed by atoms with Crippen molar-refractivity contribution in [2.24, 2.45) is 0 Å². The van der Waals surface area contributed by atoms with E-state index in [1.54, 1.807) is 6.07 Å². The van der Waals surface area contributed by atoms with E-state index in [1.807, 2.05) is 32.6 Å². The minimum Gasteiger partial charge on any atom is -0.365 e. The Kier molecular flexibility index (Phi) is 4.54. The van der Waals surface area contributed by atoms with Crippen molar-refractivity contribution in [1.82, 2.24) is 0 Å². The maximum Gasteiger partial charge on any atom is 0.294 e. The van der Waals surface area contributed by atoms with Gasteiger partial charge in [0, 0.05) is 23.2 Å². The Morgan fingerprint density at radius 2 is 1.62 bits per heavy atom. The zero-order chi connectivity index (χ0) is 18.6. The van der Waals surface area contributed by atoms with E-state index in [0.717, 1.165) is 11.3 Å². The molecule has 0 aromatic heterocycles.